The van der Waals surface area contributed by atoms with Crippen LogP contribution in [0.1, 0.15) is 13.8 Å². The molecular weight excluding hydrogens is 265 g/mol. The smallest absolute Gasteiger partial charge is 0.165 e. The molecule has 0 atom stereocenters. The van der Waals surface area contributed by atoms with Gasteiger partial charge in [0.1, 0.15) is 0 Å². The Morgan fingerprint density at radius 2 is 1.81 bits per heavy atom. The molecule has 2 nitrogen and oxygen atoms in total. The molecule has 21 heavy (non-hydrogen) atoms. The van der Waals surface area contributed by atoms with Crippen molar-refractivity contribution in [3.8, 4) is 17.0 Å². The number of para-hydroxylation sites is 1. The molecule has 0 aliphatic rings. The number of hydrogen-bond donors (Lipinski definition) is 0. The highest BCUT2D eigenvalue weighted by Crippen LogP contribution is 2.26. The number of benzene rings is 2. The summed E-state index contributed by atoms with van der Waals surface area (Å²) in [5, 5.41) is 1.07. The lowest BCUT2D eigenvalue weighted by atomic mass is 10.1. The normalized spacial score (nSPS) is 11.0. The number of fused-ring (bicyclic) bond motifs is 1. The highest BCUT2D eigenvalue weighted by molar-refractivity contribution is 5.81. The van der Waals surface area contributed by atoms with Crippen molar-refractivity contribution in [1.29, 1.82) is 0 Å². The molecule has 2 aromatic carbocycles. The van der Waals surface area contributed by atoms with Crippen LogP contribution in [0.2, 0.25) is 0 Å². The lowest BCUT2D eigenvalue weighted by Crippen LogP contribution is -2.06. The van der Waals surface area contributed by atoms with E-state index in [1.54, 1.807) is 6.07 Å². The van der Waals surface area contributed by atoms with E-state index in [9.17, 15) is 4.39 Å². The molecule has 0 radical (unpaired) electrons. The summed E-state index contributed by atoms with van der Waals surface area (Å²) in [6.45, 7) is 3.75. The van der Waals surface area contributed by atoms with Crippen LogP contribution in [0.5, 0.6) is 5.75 Å². The van der Waals surface area contributed by atoms with Crippen molar-refractivity contribution in [2.45, 2.75) is 20.0 Å². The fourth-order valence-corrected chi connectivity index (χ4v) is 2.24. The average molecular weight is 281 g/mol. The van der Waals surface area contributed by atoms with Gasteiger partial charge in [-0.1, -0.05) is 24.3 Å². The number of aromatic nitrogens is 1. The van der Waals surface area contributed by atoms with E-state index in [-0.39, 0.29) is 17.7 Å². The van der Waals surface area contributed by atoms with E-state index in [1.807, 2.05) is 56.3 Å². The Labute approximate surface area is 123 Å². The summed E-state index contributed by atoms with van der Waals surface area (Å²) < 4.78 is 19.5. The molecule has 0 aliphatic heterocycles. The van der Waals surface area contributed by atoms with Gasteiger partial charge >= 0.3 is 0 Å². The maximum absolute atomic E-state index is 14.1. The van der Waals surface area contributed by atoms with E-state index >= 15 is 0 Å². The Morgan fingerprint density at radius 3 is 2.57 bits per heavy atom. The summed E-state index contributed by atoms with van der Waals surface area (Å²) >= 11 is 0. The summed E-state index contributed by atoms with van der Waals surface area (Å²) in [6, 6.07) is 16.7. The van der Waals surface area contributed by atoms with Gasteiger partial charge in [0.05, 0.1) is 17.3 Å². The molecule has 3 aromatic rings. The molecule has 0 N–H and O–H groups in total. The van der Waals surface area contributed by atoms with Crippen LogP contribution in [-0.2, 0) is 0 Å². The number of halogens is 1. The molecule has 0 aliphatic carbocycles. The predicted octanol–water partition coefficient (Wildman–Crippen LogP) is 4.83. The Kier molecular flexibility index (Phi) is 3.57. The van der Waals surface area contributed by atoms with Crippen molar-refractivity contribution in [2.75, 3.05) is 0 Å². The highest BCUT2D eigenvalue weighted by atomic mass is 19.1. The van der Waals surface area contributed by atoms with Crippen LogP contribution in [0.4, 0.5) is 4.39 Å². The third-order valence-corrected chi connectivity index (χ3v) is 3.19. The first-order valence-electron chi connectivity index (χ1n) is 6.96. The maximum atomic E-state index is 14.1. The molecule has 0 bridgehead atoms. The predicted molar refractivity (Wildman–Crippen MR) is 82.9 cm³/mol. The van der Waals surface area contributed by atoms with E-state index < -0.39 is 0 Å². The Bertz CT molecular complexity index is 783. The Hall–Kier alpha value is -2.42. The maximum Gasteiger partial charge on any atom is 0.165 e. The van der Waals surface area contributed by atoms with Crippen molar-refractivity contribution in [3.63, 3.8) is 0 Å². The van der Waals surface area contributed by atoms with E-state index in [0.29, 0.717) is 0 Å². The SMILES string of the molecule is CC(C)Oc1ccc(-c2ccc3ccccc3n2)cc1F. The lowest BCUT2D eigenvalue weighted by Gasteiger charge is -2.11. The molecule has 106 valence electrons. The zero-order valence-corrected chi connectivity index (χ0v) is 12.0. The van der Waals surface area contributed by atoms with E-state index in [4.69, 9.17) is 4.74 Å². The number of nitrogens with zero attached hydrogens (tertiary/aromatic N) is 1. The zero-order chi connectivity index (χ0) is 14.8. The number of pyridine rings is 1. The van der Waals surface area contributed by atoms with Gasteiger partial charge in [-0.2, -0.15) is 0 Å². The summed E-state index contributed by atoms with van der Waals surface area (Å²) in [5.41, 5.74) is 2.40. The van der Waals surface area contributed by atoms with Gasteiger partial charge in [-0.25, -0.2) is 9.37 Å². The molecule has 3 rings (SSSR count). The second-order valence-corrected chi connectivity index (χ2v) is 5.20. The van der Waals surface area contributed by atoms with Crippen molar-refractivity contribution in [2.24, 2.45) is 0 Å². The third-order valence-electron chi connectivity index (χ3n) is 3.19. The molecule has 0 saturated carbocycles. The molecule has 0 spiro atoms. The number of hydrogen-bond acceptors (Lipinski definition) is 2. The van der Waals surface area contributed by atoms with Crippen LogP contribution in [0.15, 0.2) is 54.6 Å². The summed E-state index contributed by atoms with van der Waals surface area (Å²) in [7, 11) is 0. The third kappa shape index (κ3) is 2.87. The summed E-state index contributed by atoms with van der Waals surface area (Å²) in [4.78, 5) is 4.57. The van der Waals surface area contributed by atoms with Crippen LogP contribution in [-0.4, -0.2) is 11.1 Å². The Balaban J connectivity index is 2.00. The zero-order valence-electron chi connectivity index (χ0n) is 12.0. The van der Waals surface area contributed by atoms with Crippen molar-refractivity contribution in [3.05, 3.63) is 60.4 Å². The number of rotatable bonds is 3. The van der Waals surface area contributed by atoms with Crippen LogP contribution in [0.25, 0.3) is 22.2 Å². The molecule has 1 heterocycles. The highest BCUT2D eigenvalue weighted by Gasteiger charge is 2.09. The molecule has 0 unspecified atom stereocenters. The van der Waals surface area contributed by atoms with Gasteiger partial charge < -0.3 is 4.74 Å². The van der Waals surface area contributed by atoms with E-state index in [2.05, 4.69) is 4.98 Å². The first-order valence-corrected chi connectivity index (χ1v) is 6.96. The first kappa shape index (κ1) is 13.6. The second kappa shape index (κ2) is 5.52. The number of ether oxygens (including phenoxy) is 1. The van der Waals surface area contributed by atoms with Gasteiger partial charge in [0.25, 0.3) is 0 Å². The standard InChI is InChI=1S/C18H16FNO/c1-12(2)21-18-10-8-14(11-15(18)19)17-9-7-13-5-3-4-6-16(13)20-17/h3-12H,1-2H3. The second-order valence-electron chi connectivity index (χ2n) is 5.20. The lowest BCUT2D eigenvalue weighted by molar-refractivity contribution is 0.231. The van der Waals surface area contributed by atoms with Crippen molar-refractivity contribution >= 4 is 10.9 Å². The molecule has 0 fully saturated rings. The topological polar surface area (TPSA) is 22.1 Å². The van der Waals surface area contributed by atoms with Gasteiger partial charge in [-0.3, -0.25) is 0 Å². The van der Waals surface area contributed by atoms with Crippen molar-refractivity contribution < 1.29 is 9.13 Å². The quantitative estimate of drug-likeness (QED) is 0.686. The summed E-state index contributed by atoms with van der Waals surface area (Å²) in [5.74, 6) is -0.0919. The van der Waals surface area contributed by atoms with Crippen molar-refractivity contribution in [1.82, 2.24) is 4.98 Å². The molecular formula is C18H16FNO. The minimum atomic E-state index is -0.365. The minimum Gasteiger partial charge on any atom is -0.488 e. The molecule has 0 saturated heterocycles. The average Bonchev–Trinajstić information content (AvgIpc) is 2.48. The molecule has 3 heteroatoms. The minimum absolute atomic E-state index is 0.0517. The van der Waals surface area contributed by atoms with Gasteiger partial charge in [0, 0.05) is 10.9 Å². The van der Waals surface area contributed by atoms with Crippen LogP contribution in [0.3, 0.4) is 0 Å². The van der Waals surface area contributed by atoms with Crippen LogP contribution in [0, 0.1) is 5.82 Å². The Morgan fingerprint density at radius 1 is 1.00 bits per heavy atom. The summed E-state index contributed by atoms with van der Waals surface area (Å²) in [6.07, 6.45) is -0.0517. The van der Waals surface area contributed by atoms with Crippen LogP contribution < -0.4 is 4.74 Å². The fourth-order valence-electron chi connectivity index (χ4n) is 2.24. The monoisotopic (exact) mass is 281 g/mol. The van der Waals surface area contributed by atoms with Gasteiger partial charge in [-0.05, 0) is 44.2 Å². The van der Waals surface area contributed by atoms with E-state index in [1.165, 1.54) is 6.07 Å². The largest absolute Gasteiger partial charge is 0.488 e. The molecule has 0 amide bonds. The van der Waals surface area contributed by atoms with E-state index in [0.717, 1.165) is 22.2 Å². The van der Waals surface area contributed by atoms with Gasteiger partial charge in [0.15, 0.2) is 11.6 Å². The van der Waals surface area contributed by atoms with Crippen LogP contribution >= 0.6 is 0 Å². The van der Waals surface area contributed by atoms with Gasteiger partial charge in [-0.15, -0.1) is 0 Å². The first-order chi connectivity index (χ1) is 10.1. The molecule has 1 aromatic heterocycles. The van der Waals surface area contributed by atoms with Gasteiger partial charge in [0.2, 0.25) is 0 Å². The fraction of sp³-hybridized carbons (Fsp3) is 0.167.